The zero-order valence-electron chi connectivity index (χ0n) is 9.48. The van der Waals surface area contributed by atoms with Crippen LogP contribution in [0.15, 0.2) is 4.52 Å². The highest BCUT2D eigenvalue weighted by atomic mass is 16.5. The zero-order valence-corrected chi connectivity index (χ0v) is 9.48. The molecule has 0 saturated carbocycles. The highest BCUT2D eigenvalue weighted by Gasteiger charge is 2.24. The van der Waals surface area contributed by atoms with E-state index in [0.29, 0.717) is 0 Å². The second-order valence-electron chi connectivity index (χ2n) is 4.63. The predicted octanol–water partition coefficient (Wildman–Crippen LogP) is 1.48. The number of rotatable bonds is 2. The Balaban J connectivity index is 1.71. The van der Waals surface area contributed by atoms with Gasteiger partial charge in [-0.25, -0.2) is 0 Å². The molecule has 1 aromatic rings. The number of nitrogens with zero attached hydrogens (tertiary/aromatic N) is 3. The van der Waals surface area contributed by atoms with Gasteiger partial charge >= 0.3 is 0 Å². The molecule has 0 spiro atoms. The van der Waals surface area contributed by atoms with Gasteiger partial charge in [-0.3, -0.25) is 0 Å². The molecule has 5 nitrogen and oxygen atoms in total. The maximum absolute atomic E-state index is 5.34. The molecular weight excluding hydrogens is 204 g/mol. The van der Waals surface area contributed by atoms with Crippen LogP contribution in [0, 0.1) is 0 Å². The predicted molar refractivity (Wildman–Crippen MR) is 60.3 cm³/mol. The maximum Gasteiger partial charge on any atom is 0.266 e. The summed E-state index contributed by atoms with van der Waals surface area (Å²) in [5.41, 5.74) is 0. The van der Waals surface area contributed by atoms with Crippen molar-refractivity contribution >= 4 is 5.95 Å². The first kappa shape index (κ1) is 10.1. The zero-order chi connectivity index (χ0) is 10.8. The van der Waals surface area contributed by atoms with Crippen LogP contribution in [0.2, 0.25) is 0 Å². The van der Waals surface area contributed by atoms with E-state index < -0.39 is 0 Å². The van der Waals surface area contributed by atoms with E-state index in [0.717, 1.165) is 37.9 Å². The fourth-order valence-corrected chi connectivity index (χ4v) is 2.49. The van der Waals surface area contributed by atoms with Crippen LogP contribution in [-0.2, 0) is 0 Å². The number of hydrogen-bond donors (Lipinski definition) is 1. The summed E-state index contributed by atoms with van der Waals surface area (Å²) in [6, 6.07) is 0.283. The third-order valence-electron chi connectivity index (χ3n) is 3.43. The molecule has 2 saturated heterocycles. The number of nitrogens with one attached hydrogen (secondary N) is 1. The first-order valence-electron chi connectivity index (χ1n) is 6.25. The molecular formula is C11H18N4O. The number of piperidine rings is 1. The van der Waals surface area contributed by atoms with E-state index in [9.17, 15) is 0 Å². The second-order valence-corrected chi connectivity index (χ2v) is 4.63. The molecule has 0 aromatic carbocycles. The SMILES string of the molecule is C1CCN(c2noc(C3CCCN3)n2)CC1. The summed E-state index contributed by atoms with van der Waals surface area (Å²) in [6.45, 7) is 3.19. The average molecular weight is 222 g/mol. The number of hydrogen-bond acceptors (Lipinski definition) is 5. The molecule has 1 atom stereocenters. The third-order valence-corrected chi connectivity index (χ3v) is 3.43. The average Bonchev–Trinajstić information content (AvgIpc) is 3.01. The number of anilines is 1. The van der Waals surface area contributed by atoms with Gasteiger partial charge in [-0.2, -0.15) is 4.98 Å². The van der Waals surface area contributed by atoms with Crippen molar-refractivity contribution in [2.24, 2.45) is 0 Å². The summed E-state index contributed by atoms with van der Waals surface area (Å²) in [5.74, 6) is 1.54. The quantitative estimate of drug-likeness (QED) is 0.821. The van der Waals surface area contributed by atoms with Crippen LogP contribution >= 0.6 is 0 Å². The van der Waals surface area contributed by atoms with Crippen molar-refractivity contribution < 1.29 is 4.52 Å². The lowest BCUT2D eigenvalue weighted by Crippen LogP contribution is -2.30. The van der Waals surface area contributed by atoms with Crippen molar-refractivity contribution in [1.29, 1.82) is 0 Å². The summed E-state index contributed by atoms with van der Waals surface area (Å²) in [5, 5.41) is 7.46. The van der Waals surface area contributed by atoms with Crippen LogP contribution in [-0.4, -0.2) is 29.8 Å². The Morgan fingerprint density at radius 1 is 1.19 bits per heavy atom. The molecule has 1 N–H and O–H groups in total. The minimum absolute atomic E-state index is 0.283. The third kappa shape index (κ3) is 1.91. The topological polar surface area (TPSA) is 54.2 Å². The lowest BCUT2D eigenvalue weighted by atomic mass is 10.1. The molecule has 1 aromatic heterocycles. The van der Waals surface area contributed by atoms with Crippen LogP contribution < -0.4 is 10.2 Å². The van der Waals surface area contributed by atoms with Gasteiger partial charge in [0.05, 0.1) is 6.04 Å². The Labute approximate surface area is 95.2 Å². The normalized spacial score (nSPS) is 26.2. The molecule has 2 aliphatic rings. The summed E-state index contributed by atoms with van der Waals surface area (Å²) in [7, 11) is 0. The molecule has 0 amide bonds. The summed E-state index contributed by atoms with van der Waals surface area (Å²) in [6.07, 6.45) is 6.12. The van der Waals surface area contributed by atoms with E-state index >= 15 is 0 Å². The van der Waals surface area contributed by atoms with Crippen molar-refractivity contribution in [2.45, 2.75) is 38.1 Å². The maximum atomic E-state index is 5.34. The summed E-state index contributed by atoms with van der Waals surface area (Å²) < 4.78 is 5.34. The van der Waals surface area contributed by atoms with Crippen molar-refractivity contribution in [3.05, 3.63) is 5.89 Å². The summed E-state index contributed by atoms with van der Waals surface area (Å²) in [4.78, 5) is 6.73. The van der Waals surface area contributed by atoms with E-state index in [-0.39, 0.29) is 6.04 Å². The van der Waals surface area contributed by atoms with E-state index in [1.165, 1.54) is 25.7 Å². The molecule has 2 aliphatic heterocycles. The van der Waals surface area contributed by atoms with Gasteiger partial charge in [0, 0.05) is 13.1 Å². The molecule has 0 aliphatic carbocycles. The Kier molecular flexibility index (Phi) is 2.78. The van der Waals surface area contributed by atoms with Gasteiger partial charge in [-0.1, -0.05) is 0 Å². The molecule has 1 unspecified atom stereocenters. The van der Waals surface area contributed by atoms with Gasteiger partial charge in [-0.05, 0) is 43.8 Å². The van der Waals surface area contributed by atoms with Gasteiger partial charge in [-0.15, -0.1) is 0 Å². The van der Waals surface area contributed by atoms with Crippen molar-refractivity contribution in [3.63, 3.8) is 0 Å². The molecule has 2 fully saturated rings. The minimum atomic E-state index is 0.283. The fraction of sp³-hybridized carbons (Fsp3) is 0.818. The highest BCUT2D eigenvalue weighted by Crippen LogP contribution is 2.24. The molecule has 0 radical (unpaired) electrons. The largest absolute Gasteiger partial charge is 0.338 e. The van der Waals surface area contributed by atoms with Gasteiger partial charge in [0.15, 0.2) is 0 Å². The van der Waals surface area contributed by atoms with Crippen LogP contribution in [0.4, 0.5) is 5.95 Å². The standard InChI is InChI=1S/C11H18N4O/c1-2-7-15(8-3-1)11-13-10(16-14-11)9-5-4-6-12-9/h9,12H,1-8H2. The van der Waals surface area contributed by atoms with Crippen LogP contribution in [0.5, 0.6) is 0 Å². The fourth-order valence-electron chi connectivity index (χ4n) is 2.49. The van der Waals surface area contributed by atoms with E-state index in [1.807, 2.05) is 0 Å². The Hall–Kier alpha value is -1.10. The highest BCUT2D eigenvalue weighted by molar-refractivity contribution is 5.28. The van der Waals surface area contributed by atoms with Gasteiger partial charge in [0.2, 0.25) is 5.89 Å². The molecule has 3 rings (SSSR count). The minimum Gasteiger partial charge on any atom is -0.338 e. The Morgan fingerprint density at radius 2 is 2.06 bits per heavy atom. The summed E-state index contributed by atoms with van der Waals surface area (Å²) >= 11 is 0. The van der Waals surface area contributed by atoms with Crippen molar-refractivity contribution in [3.8, 4) is 0 Å². The van der Waals surface area contributed by atoms with Crippen molar-refractivity contribution in [2.75, 3.05) is 24.5 Å². The second kappa shape index (κ2) is 4.41. The van der Waals surface area contributed by atoms with Crippen LogP contribution in [0.25, 0.3) is 0 Å². The van der Waals surface area contributed by atoms with Gasteiger partial charge < -0.3 is 14.7 Å². The first-order chi connectivity index (χ1) is 7.93. The van der Waals surface area contributed by atoms with Gasteiger partial charge in [0.1, 0.15) is 0 Å². The van der Waals surface area contributed by atoms with Gasteiger partial charge in [0.25, 0.3) is 5.95 Å². The molecule has 16 heavy (non-hydrogen) atoms. The van der Waals surface area contributed by atoms with E-state index in [2.05, 4.69) is 20.4 Å². The molecule has 3 heterocycles. The Morgan fingerprint density at radius 3 is 2.81 bits per heavy atom. The molecule has 88 valence electrons. The Bertz CT molecular complexity index is 340. The van der Waals surface area contributed by atoms with E-state index in [1.54, 1.807) is 0 Å². The van der Waals surface area contributed by atoms with Crippen LogP contribution in [0.3, 0.4) is 0 Å². The first-order valence-corrected chi connectivity index (χ1v) is 6.25. The smallest absolute Gasteiger partial charge is 0.266 e. The van der Waals surface area contributed by atoms with Crippen LogP contribution in [0.1, 0.15) is 44.0 Å². The lowest BCUT2D eigenvalue weighted by molar-refractivity contribution is 0.343. The van der Waals surface area contributed by atoms with Crippen molar-refractivity contribution in [1.82, 2.24) is 15.5 Å². The monoisotopic (exact) mass is 222 g/mol. The van der Waals surface area contributed by atoms with E-state index in [4.69, 9.17) is 4.52 Å². The lowest BCUT2D eigenvalue weighted by Gasteiger charge is -2.24. The molecule has 0 bridgehead atoms. The molecule has 5 heteroatoms. The number of aromatic nitrogens is 2.